The van der Waals surface area contributed by atoms with Crippen LogP contribution in [0.1, 0.15) is 50.3 Å². The van der Waals surface area contributed by atoms with Gasteiger partial charge in [-0.05, 0) is 55.9 Å². The fourth-order valence-electron chi connectivity index (χ4n) is 2.85. The van der Waals surface area contributed by atoms with Crippen LogP contribution in [0.3, 0.4) is 0 Å². The van der Waals surface area contributed by atoms with Crippen molar-refractivity contribution in [3.05, 3.63) is 28.8 Å². The monoisotopic (exact) mass is 318 g/mol. The van der Waals surface area contributed by atoms with Crippen molar-refractivity contribution in [3.8, 4) is 6.07 Å². The number of carbonyl (C=O) groups is 1. The highest BCUT2D eigenvalue weighted by molar-refractivity contribution is 7.59. The smallest absolute Gasteiger partial charge is 0.231 e. The van der Waals surface area contributed by atoms with Crippen LogP contribution in [0.2, 0.25) is 0 Å². The zero-order chi connectivity index (χ0) is 16.7. The number of amides is 1. The molecule has 22 heavy (non-hydrogen) atoms. The highest BCUT2D eigenvalue weighted by atomic mass is 31.1. The first-order valence-electron chi connectivity index (χ1n) is 8.04. The molecule has 120 valence electrons. The van der Waals surface area contributed by atoms with Crippen molar-refractivity contribution in [3.63, 3.8) is 0 Å². The minimum Gasteiger partial charge on any atom is -0.325 e. The van der Waals surface area contributed by atoms with Gasteiger partial charge in [-0.1, -0.05) is 35.1 Å². The Hall–Kier alpha value is -1.39. The average Bonchev–Trinajstić information content (AvgIpc) is 2.50. The highest BCUT2D eigenvalue weighted by Crippen LogP contribution is 2.43. The molecule has 0 heterocycles. The zero-order valence-electron chi connectivity index (χ0n) is 14.4. The van der Waals surface area contributed by atoms with Gasteiger partial charge in [0.2, 0.25) is 5.91 Å². The second-order valence-corrected chi connectivity index (χ2v) is 8.68. The maximum atomic E-state index is 12.8. The van der Waals surface area contributed by atoms with Crippen LogP contribution in [0.15, 0.2) is 12.1 Å². The molecule has 3 nitrogen and oxygen atoms in total. The lowest BCUT2D eigenvalue weighted by atomic mass is 10.0. The van der Waals surface area contributed by atoms with E-state index in [2.05, 4.69) is 32.2 Å². The molecule has 1 amide bonds. The molecule has 1 unspecified atom stereocenters. The first-order chi connectivity index (χ1) is 10.5. The molecular weight excluding hydrogens is 291 g/mol. The van der Waals surface area contributed by atoms with E-state index in [4.69, 9.17) is 5.26 Å². The van der Waals surface area contributed by atoms with Crippen molar-refractivity contribution in [1.82, 2.24) is 0 Å². The summed E-state index contributed by atoms with van der Waals surface area (Å²) < 4.78 is 0. The van der Waals surface area contributed by atoms with E-state index in [9.17, 15) is 4.79 Å². The quantitative estimate of drug-likeness (QED) is 0.734. The molecular formula is C18H27N2OP. The Labute approximate surface area is 135 Å². The summed E-state index contributed by atoms with van der Waals surface area (Å²) in [6.45, 7) is 10.4. The maximum absolute atomic E-state index is 12.8. The molecule has 0 saturated carbocycles. The Bertz CT molecular complexity index is 536. The van der Waals surface area contributed by atoms with Crippen molar-refractivity contribution in [2.24, 2.45) is 0 Å². The first-order valence-corrected chi connectivity index (χ1v) is 9.82. The van der Waals surface area contributed by atoms with Crippen molar-refractivity contribution in [1.29, 1.82) is 5.26 Å². The molecule has 1 rings (SSSR count). The van der Waals surface area contributed by atoms with Gasteiger partial charge in [-0.3, -0.25) is 4.79 Å². The highest BCUT2D eigenvalue weighted by Gasteiger charge is 2.25. The van der Waals surface area contributed by atoms with Crippen molar-refractivity contribution in [2.75, 3.05) is 17.6 Å². The van der Waals surface area contributed by atoms with Gasteiger partial charge < -0.3 is 5.32 Å². The number of carbonyl (C=O) groups excluding carboxylic acids is 1. The summed E-state index contributed by atoms with van der Waals surface area (Å²) in [5.74, 6) is 0.146. The van der Waals surface area contributed by atoms with Crippen LogP contribution in [0, 0.1) is 25.2 Å². The third-order valence-electron chi connectivity index (χ3n) is 4.03. The minimum absolute atomic E-state index is 0.129. The summed E-state index contributed by atoms with van der Waals surface area (Å²) in [7, 11) is -0.254. The molecule has 1 N–H and O–H groups in total. The van der Waals surface area contributed by atoms with Crippen LogP contribution in [0.4, 0.5) is 5.69 Å². The predicted octanol–water partition coefficient (Wildman–Crippen LogP) is 4.80. The molecule has 0 aliphatic heterocycles. The largest absolute Gasteiger partial charge is 0.325 e. The lowest BCUT2D eigenvalue weighted by Gasteiger charge is -2.25. The Morgan fingerprint density at radius 1 is 1.23 bits per heavy atom. The van der Waals surface area contributed by atoms with Crippen molar-refractivity contribution in [2.45, 2.75) is 53.1 Å². The molecule has 1 aromatic rings. The van der Waals surface area contributed by atoms with Crippen LogP contribution in [-0.4, -0.2) is 23.9 Å². The zero-order valence-corrected chi connectivity index (χ0v) is 15.3. The molecule has 0 saturated heterocycles. The molecule has 4 heteroatoms. The molecule has 0 radical (unpaired) electrons. The molecule has 0 bridgehead atoms. The van der Waals surface area contributed by atoms with Crippen LogP contribution >= 0.6 is 7.92 Å². The number of benzene rings is 1. The fraction of sp³-hybridized carbons (Fsp3) is 0.556. The Morgan fingerprint density at radius 3 is 2.18 bits per heavy atom. The molecule has 1 aromatic carbocycles. The Morgan fingerprint density at radius 2 is 1.77 bits per heavy atom. The standard InChI is InChI=1S/C18H27N2OP/c1-6-9-16(22(7-2)8-3)18(21)20-17-13(4)10-15(12-19)11-14(17)5/h10-11,16H,6-9H2,1-5H3,(H,20,21). The molecule has 1 atom stereocenters. The third kappa shape index (κ3) is 4.55. The molecule has 0 aliphatic carbocycles. The molecule has 0 spiro atoms. The van der Waals surface area contributed by atoms with E-state index in [0.29, 0.717) is 5.56 Å². The number of hydrogen-bond donors (Lipinski definition) is 1. The van der Waals surface area contributed by atoms with Crippen LogP contribution < -0.4 is 5.32 Å². The van der Waals surface area contributed by atoms with Crippen LogP contribution in [0.5, 0.6) is 0 Å². The van der Waals surface area contributed by atoms with Gasteiger partial charge in [0, 0.05) is 5.69 Å². The number of aryl methyl sites for hydroxylation is 2. The number of nitrogens with zero attached hydrogens (tertiary/aromatic N) is 1. The minimum atomic E-state index is -0.254. The second-order valence-electron chi connectivity index (χ2n) is 5.61. The topological polar surface area (TPSA) is 52.9 Å². The number of nitrogens with one attached hydrogen (secondary N) is 1. The molecule has 0 aromatic heterocycles. The van der Waals surface area contributed by atoms with Gasteiger partial charge in [0.15, 0.2) is 0 Å². The van der Waals surface area contributed by atoms with Crippen molar-refractivity contribution < 1.29 is 4.79 Å². The summed E-state index contributed by atoms with van der Waals surface area (Å²) in [5.41, 5.74) is 3.55. The summed E-state index contributed by atoms with van der Waals surface area (Å²) >= 11 is 0. The van der Waals surface area contributed by atoms with E-state index < -0.39 is 0 Å². The summed E-state index contributed by atoms with van der Waals surface area (Å²) in [6, 6.07) is 5.83. The van der Waals surface area contributed by atoms with E-state index in [0.717, 1.165) is 42.0 Å². The maximum Gasteiger partial charge on any atom is 0.231 e. The Balaban J connectivity index is 3.02. The summed E-state index contributed by atoms with van der Waals surface area (Å²) in [4.78, 5) is 12.8. The van der Waals surface area contributed by atoms with Gasteiger partial charge >= 0.3 is 0 Å². The normalized spacial score (nSPS) is 12.0. The predicted molar refractivity (Wildman–Crippen MR) is 96.0 cm³/mol. The van der Waals surface area contributed by atoms with Crippen LogP contribution in [0.25, 0.3) is 0 Å². The summed E-state index contributed by atoms with van der Waals surface area (Å²) in [5, 5.41) is 12.2. The molecule has 0 aliphatic rings. The van der Waals surface area contributed by atoms with Gasteiger partial charge in [-0.2, -0.15) is 5.26 Å². The van der Waals surface area contributed by atoms with E-state index in [1.165, 1.54) is 0 Å². The van der Waals surface area contributed by atoms with E-state index in [1.54, 1.807) is 0 Å². The number of nitriles is 1. The van der Waals surface area contributed by atoms with E-state index >= 15 is 0 Å². The van der Waals surface area contributed by atoms with E-state index in [1.807, 2.05) is 26.0 Å². The lowest BCUT2D eigenvalue weighted by Crippen LogP contribution is -2.28. The first kappa shape index (κ1) is 18.7. The van der Waals surface area contributed by atoms with Gasteiger partial charge in [0.1, 0.15) is 0 Å². The second kappa shape index (κ2) is 8.91. The van der Waals surface area contributed by atoms with Crippen molar-refractivity contribution >= 4 is 19.5 Å². The number of rotatable bonds is 7. The van der Waals surface area contributed by atoms with Gasteiger partial charge in [-0.15, -0.1) is 0 Å². The van der Waals surface area contributed by atoms with Gasteiger partial charge in [0.25, 0.3) is 0 Å². The van der Waals surface area contributed by atoms with Gasteiger partial charge in [-0.25, -0.2) is 0 Å². The SMILES string of the molecule is CCCC(C(=O)Nc1c(C)cc(C#N)cc1C)P(CC)CC. The number of anilines is 1. The van der Waals surface area contributed by atoms with Crippen LogP contribution in [-0.2, 0) is 4.79 Å². The summed E-state index contributed by atoms with van der Waals surface area (Å²) in [6.07, 6.45) is 4.17. The number of hydrogen-bond acceptors (Lipinski definition) is 2. The fourth-order valence-corrected chi connectivity index (χ4v) is 5.20. The average molecular weight is 318 g/mol. The van der Waals surface area contributed by atoms with E-state index in [-0.39, 0.29) is 19.5 Å². The van der Waals surface area contributed by atoms with Gasteiger partial charge in [0.05, 0.1) is 17.3 Å². The molecule has 0 fully saturated rings. The third-order valence-corrected chi connectivity index (χ3v) is 7.03. The Kier molecular flexibility index (Phi) is 7.56. The lowest BCUT2D eigenvalue weighted by molar-refractivity contribution is -0.115.